The fourth-order valence-corrected chi connectivity index (χ4v) is 2.75. The number of nitrogen functional groups attached to an aromatic ring is 1. The van der Waals surface area contributed by atoms with Gasteiger partial charge in [-0.25, -0.2) is 23.0 Å². The third-order valence-electron chi connectivity index (χ3n) is 3.76. The molecule has 0 bridgehead atoms. The molecule has 0 aliphatic rings. The first-order chi connectivity index (χ1) is 13.2. The van der Waals surface area contributed by atoms with Crippen LogP contribution in [0, 0.1) is 0 Å². The van der Waals surface area contributed by atoms with Crippen molar-refractivity contribution in [2.75, 3.05) is 11.1 Å². The molecule has 146 valence electrons. The first-order valence-corrected chi connectivity index (χ1v) is 7.80. The smallest absolute Gasteiger partial charge is 0.366 e. The minimum Gasteiger partial charge on any atom is -0.366 e. The van der Waals surface area contributed by atoms with Gasteiger partial charge in [0.2, 0.25) is 5.95 Å². The van der Waals surface area contributed by atoms with Gasteiger partial charge in [0, 0.05) is 11.8 Å². The summed E-state index contributed by atoms with van der Waals surface area (Å²) in [6.45, 7) is -0.669. The summed E-state index contributed by atoms with van der Waals surface area (Å²) in [5.74, 6) is -0.398. The number of halogens is 2. The Morgan fingerprint density at radius 2 is 1.96 bits per heavy atom. The van der Waals surface area contributed by atoms with Crippen molar-refractivity contribution in [3.8, 4) is 11.3 Å². The van der Waals surface area contributed by atoms with Crippen LogP contribution in [-0.4, -0.2) is 62.4 Å². The Morgan fingerprint density at radius 3 is 2.68 bits per heavy atom. The number of pyridine rings is 1. The predicted molar refractivity (Wildman–Crippen MR) is 90.7 cm³/mol. The predicted octanol–water partition coefficient (Wildman–Crippen LogP) is -0.617. The van der Waals surface area contributed by atoms with Crippen LogP contribution in [0.1, 0.15) is 0 Å². The number of nitrogens with one attached hydrogen (secondary N) is 1. The molecule has 12 nitrogen and oxygen atoms in total. The summed E-state index contributed by atoms with van der Waals surface area (Å²) in [6, 6.07) is 4.71. The number of hydrogen-bond donors (Lipinski definition) is 5. The summed E-state index contributed by atoms with van der Waals surface area (Å²) in [5, 5.41) is 41.1. The van der Waals surface area contributed by atoms with E-state index < -0.39 is 19.1 Å². The van der Waals surface area contributed by atoms with Crippen LogP contribution in [0.3, 0.4) is 0 Å². The van der Waals surface area contributed by atoms with Crippen LogP contribution >= 0.6 is 0 Å². The molecule has 0 amide bonds. The number of aromatic nitrogens is 7. The Morgan fingerprint density at radius 1 is 1.18 bits per heavy atom. The molecule has 0 saturated carbocycles. The number of nitrogens with two attached hydrogens (primary N) is 1. The van der Waals surface area contributed by atoms with E-state index in [-0.39, 0.29) is 22.9 Å². The second kappa shape index (κ2) is 6.29. The van der Waals surface area contributed by atoms with Gasteiger partial charge in [0.25, 0.3) is 6.43 Å². The minimum atomic E-state index is -3.26. The van der Waals surface area contributed by atoms with Gasteiger partial charge in [-0.2, -0.15) is 4.98 Å². The maximum absolute atomic E-state index is 12.7. The molecule has 28 heavy (non-hydrogen) atoms. The molecule has 0 radical (unpaired) electrons. The van der Waals surface area contributed by atoms with E-state index in [4.69, 9.17) is 5.73 Å². The van der Waals surface area contributed by atoms with E-state index in [1.165, 1.54) is 10.7 Å². The van der Waals surface area contributed by atoms with Crippen LogP contribution in [0.25, 0.3) is 27.9 Å². The topological polar surface area (TPSA) is 173 Å². The first-order valence-electron chi connectivity index (χ1n) is 7.80. The van der Waals surface area contributed by atoms with Crippen molar-refractivity contribution in [2.45, 2.75) is 19.1 Å². The zero-order valence-electron chi connectivity index (χ0n) is 13.9. The quantitative estimate of drug-likeness (QED) is 0.275. The monoisotopic (exact) mass is 393 g/mol. The molecule has 0 unspecified atom stereocenters. The summed E-state index contributed by atoms with van der Waals surface area (Å²) < 4.78 is 27.7. The van der Waals surface area contributed by atoms with Crippen LogP contribution in [-0.2, 0) is 6.54 Å². The molecule has 0 spiro atoms. The Kier molecular flexibility index (Phi) is 4.02. The highest BCUT2D eigenvalue weighted by Crippen LogP contribution is 2.30. The maximum atomic E-state index is 12.7. The van der Waals surface area contributed by atoms with Crippen molar-refractivity contribution < 1.29 is 24.1 Å². The number of fused-ring (bicyclic) bond motifs is 2. The van der Waals surface area contributed by atoms with Crippen LogP contribution in [0.15, 0.2) is 24.4 Å². The molecule has 0 aliphatic carbocycles. The van der Waals surface area contributed by atoms with Gasteiger partial charge >= 0.3 is 6.10 Å². The number of alkyl halides is 2. The van der Waals surface area contributed by atoms with E-state index in [2.05, 4.69) is 25.4 Å². The SMILES string of the molecule is Nc1nc(NC(O)(O)O)c2c(-c3ccc4nnn(CC(F)F)c4n3)ccn2n1. The van der Waals surface area contributed by atoms with E-state index in [0.717, 1.165) is 4.68 Å². The second-order valence-corrected chi connectivity index (χ2v) is 5.80. The van der Waals surface area contributed by atoms with Crippen molar-refractivity contribution in [1.29, 1.82) is 0 Å². The minimum absolute atomic E-state index is 0.142. The Hall–Kier alpha value is -3.49. The van der Waals surface area contributed by atoms with Gasteiger partial charge in [-0.15, -0.1) is 10.2 Å². The molecule has 0 atom stereocenters. The number of anilines is 2. The molecule has 6 N–H and O–H groups in total. The molecule has 0 aromatic carbocycles. The summed E-state index contributed by atoms with van der Waals surface area (Å²) in [6.07, 6.45) is -4.40. The summed E-state index contributed by atoms with van der Waals surface area (Å²) in [5.41, 5.74) is 6.98. The van der Waals surface area contributed by atoms with Crippen LogP contribution in [0.4, 0.5) is 20.5 Å². The standard InChI is InChI=1S/C14H13F2N9O3/c15-9(16)5-25-12-8(21-23-25)2-1-7(18-12)6-3-4-24-10(6)11(19-13(17)22-24)20-14(26,27)28/h1-4,9,26-28H,5H2,(H3,17,19,20,22). The van der Waals surface area contributed by atoms with Crippen molar-refractivity contribution in [3.05, 3.63) is 24.4 Å². The van der Waals surface area contributed by atoms with Gasteiger partial charge in [0.1, 0.15) is 17.6 Å². The lowest BCUT2D eigenvalue weighted by Crippen LogP contribution is -2.37. The van der Waals surface area contributed by atoms with Gasteiger partial charge in [-0.3, -0.25) is 5.32 Å². The van der Waals surface area contributed by atoms with Gasteiger partial charge in [0.15, 0.2) is 11.5 Å². The molecule has 0 aliphatic heterocycles. The maximum Gasteiger partial charge on any atom is 0.368 e. The van der Waals surface area contributed by atoms with E-state index >= 15 is 0 Å². The average Bonchev–Trinajstić information content (AvgIpc) is 3.17. The number of hydrogen-bond acceptors (Lipinski definition) is 10. The molecular formula is C14H13F2N9O3. The average molecular weight is 393 g/mol. The fourth-order valence-electron chi connectivity index (χ4n) is 2.75. The lowest BCUT2D eigenvalue weighted by Gasteiger charge is -2.17. The highest BCUT2D eigenvalue weighted by molar-refractivity contribution is 5.89. The van der Waals surface area contributed by atoms with Gasteiger partial charge < -0.3 is 21.1 Å². The zero-order valence-corrected chi connectivity index (χ0v) is 13.9. The molecule has 0 fully saturated rings. The largest absolute Gasteiger partial charge is 0.368 e. The second-order valence-electron chi connectivity index (χ2n) is 5.80. The lowest BCUT2D eigenvalue weighted by atomic mass is 10.2. The summed E-state index contributed by atoms with van der Waals surface area (Å²) in [7, 11) is 0. The Balaban J connectivity index is 1.89. The van der Waals surface area contributed by atoms with Crippen molar-refractivity contribution >= 4 is 28.4 Å². The summed E-state index contributed by atoms with van der Waals surface area (Å²) in [4.78, 5) is 8.18. The third-order valence-corrected chi connectivity index (χ3v) is 3.76. The van der Waals surface area contributed by atoms with E-state index in [9.17, 15) is 24.1 Å². The van der Waals surface area contributed by atoms with Crippen molar-refractivity contribution in [1.82, 2.24) is 34.6 Å². The lowest BCUT2D eigenvalue weighted by molar-refractivity contribution is -0.289. The number of nitrogens with zero attached hydrogens (tertiary/aromatic N) is 7. The zero-order chi connectivity index (χ0) is 20.1. The highest BCUT2D eigenvalue weighted by atomic mass is 19.3. The number of rotatable bonds is 5. The van der Waals surface area contributed by atoms with E-state index in [0.29, 0.717) is 16.8 Å². The molecule has 4 aromatic heterocycles. The first kappa shape index (κ1) is 17.9. The molecule has 14 heteroatoms. The van der Waals surface area contributed by atoms with Crippen molar-refractivity contribution in [3.63, 3.8) is 0 Å². The molecule has 4 rings (SSSR count). The summed E-state index contributed by atoms with van der Waals surface area (Å²) >= 11 is 0. The van der Waals surface area contributed by atoms with E-state index in [1.807, 2.05) is 5.32 Å². The van der Waals surface area contributed by atoms with Gasteiger partial charge in [-0.05, 0) is 18.2 Å². The van der Waals surface area contributed by atoms with Gasteiger partial charge in [0.05, 0.1) is 5.69 Å². The molecule has 4 heterocycles. The molecular weight excluding hydrogens is 380 g/mol. The number of aliphatic hydroxyl groups is 3. The van der Waals surface area contributed by atoms with Gasteiger partial charge in [-0.1, -0.05) is 5.21 Å². The van der Waals surface area contributed by atoms with E-state index in [1.54, 1.807) is 18.2 Å². The van der Waals surface area contributed by atoms with Crippen LogP contribution in [0.2, 0.25) is 0 Å². The Labute approximate surface area is 153 Å². The molecule has 4 aromatic rings. The molecule has 0 saturated heterocycles. The Bertz CT molecular complexity index is 1170. The fraction of sp³-hybridized carbons (Fsp3) is 0.214. The highest BCUT2D eigenvalue weighted by Gasteiger charge is 2.23. The normalized spacial score (nSPS) is 12.4. The van der Waals surface area contributed by atoms with Crippen LogP contribution in [0.5, 0.6) is 0 Å². The third kappa shape index (κ3) is 3.26. The van der Waals surface area contributed by atoms with Crippen LogP contribution < -0.4 is 11.1 Å². The van der Waals surface area contributed by atoms with Crippen molar-refractivity contribution in [2.24, 2.45) is 0 Å².